The zero-order valence-corrected chi connectivity index (χ0v) is 7.44. The third-order valence-corrected chi connectivity index (χ3v) is 2.53. The van der Waals surface area contributed by atoms with Crippen molar-refractivity contribution in [2.45, 2.75) is 37.2 Å². The average Bonchev–Trinajstić information content (AvgIpc) is 2.52. The predicted octanol–water partition coefficient (Wildman–Crippen LogP) is 0.673. The van der Waals surface area contributed by atoms with Gasteiger partial charge in [0, 0.05) is 7.05 Å². The number of rotatable bonds is 2. The van der Waals surface area contributed by atoms with E-state index in [9.17, 15) is 18.7 Å². The van der Waals surface area contributed by atoms with Gasteiger partial charge in [-0.1, -0.05) is 12.8 Å². The number of hydrogen-bond donors (Lipinski definition) is 2. The zero-order valence-electron chi connectivity index (χ0n) is 7.44. The van der Waals surface area contributed by atoms with E-state index in [4.69, 9.17) is 0 Å². The summed E-state index contributed by atoms with van der Waals surface area (Å²) in [7, 11) is 1.13. The Hall–Kier alpha value is -0.710. The number of carbonyl (C=O) groups excluding carboxylic acids is 1. The van der Waals surface area contributed by atoms with Gasteiger partial charge < -0.3 is 10.4 Å². The SMILES string of the molecule is CNC(=O)C(F)(F)C1(O)CCCC1. The number of aliphatic hydroxyl groups is 1. The molecule has 0 aromatic carbocycles. The number of hydrogen-bond acceptors (Lipinski definition) is 2. The Morgan fingerprint density at radius 3 is 2.31 bits per heavy atom. The number of nitrogens with one attached hydrogen (secondary N) is 1. The first-order valence-corrected chi connectivity index (χ1v) is 4.26. The standard InChI is InChI=1S/C8H13F2NO2/c1-11-6(12)8(9,10)7(13)4-2-3-5-7/h13H,2-5H2,1H3,(H,11,12). The van der Waals surface area contributed by atoms with E-state index in [1.165, 1.54) is 0 Å². The van der Waals surface area contributed by atoms with E-state index < -0.39 is 17.4 Å². The zero-order chi connectivity index (χ0) is 10.1. The first kappa shape index (κ1) is 10.4. The molecule has 0 unspecified atom stereocenters. The van der Waals surface area contributed by atoms with Crippen LogP contribution in [0.4, 0.5) is 8.78 Å². The highest BCUT2D eigenvalue weighted by atomic mass is 19.3. The number of halogens is 2. The fourth-order valence-electron chi connectivity index (χ4n) is 1.64. The van der Waals surface area contributed by atoms with E-state index >= 15 is 0 Å². The van der Waals surface area contributed by atoms with Crippen LogP contribution in [0.25, 0.3) is 0 Å². The lowest BCUT2D eigenvalue weighted by Gasteiger charge is -2.30. The third-order valence-electron chi connectivity index (χ3n) is 2.53. The molecule has 1 amide bonds. The maximum atomic E-state index is 13.2. The van der Waals surface area contributed by atoms with Crippen molar-refractivity contribution in [2.75, 3.05) is 7.05 Å². The minimum atomic E-state index is -3.67. The quantitative estimate of drug-likeness (QED) is 0.677. The molecule has 0 heterocycles. The van der Waals surface area contributed by atoms with Crippen molar-refractivity contribution in [2.24, 2.45) is 0 Å². The average molecular weight is 193 g/mol. The molecule has 2 N–H and O–H groups in total. The predicted molar refractivity (Wildman–Crippen MR) is 42.4 cm³/mol. The van der Waals surface area contributed by atoms with E-state index in [0.717, 1.165) is 7.05 Å². The van der Waals surface area contributed by atoms with Gasteiger partial charge in [-0.25, -0.2) is 0 Å². The van der Waals surface area contributed by atoms with Gasteiger partial charge >= 0.3 is 5.92 Å². The van der Waals surface area contributed by atoms with E-state index in [1.807, 2.05) is 5.32 Å². The smallest absolute Gasteiger partial charge is 0.352 e. The van der Waals surface area contributed by atoms with Gasteiger partial charge in [0.15, 0.2) is 0 Å². The molecule has 0 atom stereocenters. The summed E-state index contributed by atoms with van der Waals surface area (Å²) in [6.45, 7) is 0. The van der Waals surface area contributed by atoms with Crippen molar-refractivity contribution in [3.05, 3.63) is 0 Å². The molecular formula is C8H13F2NO2. The first-order valence-electron chi connectivity index (χ1n) is 4.26. The van der Waals surface area contributed by atoms with Crippen LogP contribution in [0.1, 0.15) is 25.7 Å². The van der Waals surface area contributed by atoms with Gasteiger partial charge in [-0.15, -0.1) is 0 Å². The van der Waals surface area contributed by atoms with Gasteiger partial charge in [0.25, 0.3) is 5.91 Å². The molecule has 0 radical (unpaired) electrons. The fraction of sp³-hybridized carbons (Fsp3) is 0.875. The Labute approximate surface area is 75.1 Å². The van der Waals surface area contributed by atoms with E-state index in [2.05, 4.69) is 0 Å². The lowest BCUT2D eigenvalue weighted by Crippen LogP contribution is -2.55. The summed E-state index contributed by atoms with van der Waals surface area (Å²) in [6.07, 6.45) is 1.08. The van der Waals surface area contributed by atoms with Gasteiger partial charge in [0.1, 0.15) is 5.60 Å². The molecule has 76 valence electrons. The summed E-state index contributed by atoms with van der Waals surface area (Å²) in [6, 6.07) is 0. The highest BCUT2D eigenvalue weighted by Gasteiger charge is 2.58. The second-order valence-electron chi connectivity index (χ2n) is 3.39. The molecule has 13 heavy (non-hydrogen) atoms. The topological polar surface area (TPSA) is 49.3 Å². The molecular weight excluding hydrogens is 180 g/mol. The minimum Gasteiger partial charge on any atom is -0.383 e. The summed E-state index contributed by atoms with van der Waals surface area (Å²) in [5, 5.41) is 11.4. The van der Waals surface area contributed by atoms with E-state index in [1.54, 1.807) is 0 Å². The summed E-state index contributed by atoms with van der Waals surface area (Å²) >= 11 is 0. The lowest BCUT2D eigenvalue weighted by atomic mass is 9.93. The van der Waals surface area contributed by atoms with Gasteiger partial charge in [-0.2, -0.15) is 8.78 Å². The molecule has 0 bridgehead atoms. The summed E-state index contributed by atoms with van der Waals surface area (Å²) in [5.74, 6) is -5.07. The van der Waals surface area contributed by atoms with Crippen LogP contribution in [0.2, 0.25) is 0 Å². The Morgan fingerprint density at radius 1 is 1.46 bits per heavy atom. The van der Waals surface area contributed by atoms with Gasteiger partial charge in [-0.05, 0) is 12.8 Å². The molecule has 0 aromatic heterocycles. The van der Waals surface area contributed by atoms with Crippen molar-refractivity contribution in [1.82, 2.24) is 5.32 Å². The highest BCUT2D eigenvalue weighted by Crippen LogP contribution is 2.41. The monoisotopic (exact) mass is 193 g/mol. The molecule has 0 saturated heterocycles. The second-order valence-corrected chi connectivity index (χ2v) is 3.39. The minimum absolute atomic E-state index is 0.00653. The Morgan fingerprint density at radius 2 is 1.92 bits per heavy atom. The molecule has 1 rings (SSSR count). The third kappa shape index (κ3) is 1.52. The van der Waals surface area contributed by atoms with Crippen LogP contribution < -0.4 is 5.32 Å². The fourth-order valence-corrected chi connectivity index (χ4v) is 1.64. The summed E-state index contributed by atoms with van der Waals surface area (Å²) in [4.78, 5) is 10.8. The summed E-state index contributed by atoms with van der Waals surface area (Å²) in [5.41, 5.74) is -2.13. The molecule has 0 spiro atoms. The van der Waals surface area contributed by atoms with Crippen LogP contribution in [-0.2, 0) is 4.79 Å². The molecule has 1 fully saturated rings. The number of carbonyl (C=O) groups is 1. The van der Waals surface area contributed by atoms with Gasteiger partial charge in [-0.3, -0.25) is 4.79 Å². The molecule has 0 aliphatic heterocycles. The van der Waals surface area contributed by atoms with Crippen molar-refractivity contribution in [3.8, 4) is 0 Å². The van der Waals surface area contributed by atoms with Crippen molar-refractivity contribution >= 4 is 5.91 Å². The maximum Gasteiger partial charge on any atom is 0.352 e. The van der Waals surface area contributed by atoms with Crippen LogP contribution in [0, 0.1) is 0 Å². The second kappa shape index (κ2) is 3.21. The van der Waals surface area contributed by atoms with Gasteiger partial charge in [0.05, 0.1) is 0 Å². The molecule has 5 heteroatoms. The van der Waals surface area contributed by atoms with Crippen LogP contribution >= 0.6 is 0 Å². The lowest BCUT2D eigenvalue weighted by molar-refractivity contribution is -0.190. The van der Waals surface area contributed by atoms with E-state index in [0.29, 0.717) is 12.8 Å². The van der Waals surface area contributed by atoms with Crippen LogP contribution in [0.15, 0.2) is 0 Å². The van der Waals surface area contributed by atoms with Crippen LogP contribution in [-0.4, -0.2) is 29.6 Å². The molecule has 1 saturated carbocycles. The summed E-state index contributed by atoms with van der Waals surface area (Å²) < 4.78 is 26.5. The van der Waals surface area contributed by atoms with Crippen LogP contribution in [0.3, 0.4) is 0 Å². The van der Waals surface area contributed by atoms with Crippen molar-refractivity contribution in [1.29, 1.82) is 0 Å². The number of amides is 1. The first-order chi connectivity index (χ1) is 5.94. The van der Waals surface area contributed by atoms with Gasteiger partial charge in [0.2, 0.25) is 0 Å². The Bertz CT molecular complexity index is 212. The van der Waals surface area contributed by atoms with Crippen molar-refractivity contribution in [3.63, 3.8) is 0 Å². The van der Waals surface area contributed by atoms with Crippen molar-refractivity contribution < 1.29 is 18.7 Å². The number of alkyl halides is 2. The molecule has 0 aromatic rings. The normalized spacial score (nSPS) is 21.5. The Kier molecular flexibility index (Phi) is 2.56. The largest absolute Gasteiger partial charge is 0.383 e. The Balaban J connectivity index is 2.83. The highest BCUT2D eigenvalue weighted by molar-refractivity contribution is 5.84. The van der Waals surface area contributed by atoms with E-state index in [-0.39, 0.29) is 12.8 Å². The maximum absolute atomic E-state index is 13.2. The van der Waals surface area contributed by atoms with Crippen LogP contribution in [0.5, 0.6) is 0 Å². The molecule has 3 nitrogen and oxygen atoms in total. The molecule has 1 aliphatic rings. The molecule has 1 aliphatic carbocycles.